The molecule has 0 spiro atoms. The van der Waals surface area contributed by atoms with E-state index < -0.39 is 23.7 Å². The number of aliphatic hydroxyl groups excluding tert-OH is 1. The number of fused-ring (bicyclic) bond motifs is 1. The average molecular weight is 392 g/mol. The highest BCUT2D eigenvalue weighted by Gasteiger charge is 2.41. The van der Waals surface area contributed by atoms with E-state index in [1.54, 1.807) is 11.5 Å². The van der Waals surface area contributed by atoms with E-state index in [4.69, 9.17) is 10.8 Å². The van der Waals surface area contributed by atoms with Crippen molar-refractivity contribution in [3.63, 3.8) is 0 Å². The molecule has 0 saturated carbocycles. The van der Waals surface area contributed by atoms with E-state index in [0.29, 0.717) is 11.2 Å². The average Bonchev–Trinajstić information content (AvgIpc) is 2.97. The lowest BCUT2D eigenvalue weighted by Gasteiger charge is -2.34. The number of imidazole rings is 1. The molecule has 1 aliphatic heterocycles. The van der Waals surface area contributed by atoms with Crippen LogP contribution in [0.3, 0.4) is 0 Å². The van der Waals surface area contributed by atoms with Crippen molar-refractivity contribution in [3.8, 4) is 0 Å². The second-order valence-corrected chi connectivity index (χ2v) is 7.36. The van der Waals surface area contributed by atoms with Gasteiger partial charge in [0.1, 0.15) is 11.8 Å². The second kappa shape index (κ2) is 7.68. The minimum Gasteiger partial charge on any atom is -0.481 e. The van der Waals surface area contributed by atoms with Gasteiger partial charge in [0.2, 0.25) is 5.91 Å². The van der Waals surface area contributed by atoms with Crippen molar-refractivity contribution in [1.82, 2.24) is 24.4 Å². The smallest absolute Gasteiger partial charge is 0.303 e. The Bertz CT molecular complexity index is 882. The third kappa shape index (κ3) is 4.04. The normalized spacial score (nSPS) is 25.6. The Balaban J connectivity index is 1.90. The standard InChI is InChI=1S/C17H24N6O5/c1-17(28)5-10(24)6-22(12(25)3-2-4-13(26)27)7-11(17)23-9-21-14-15(18)19-8-20-16(14)23/h8-11,24,28H,2-7H2,1H3,(H,26,27)(H2,18,19,20)/t10-,11+,17+/m1/s1. The van der Waals surface area contributed by atoms with Crippen molar-refractivity contribution in [3.05, 3.63) is 12.7 Å². The Labute approximate surface area is 160 Å². The quantitative estimate of drug-likeness (QED) is 0.526. The summed E-state index contributed by atoms with van der Waals surface area (Å²) in [4.78, 5) is 37.0. The molecular weight excluding hydrogens is 368 g/mol. The van der Waals surface area contributed by atoms with Gasteiger partial charge in [-0.1, -0.05) is 0 Å². The summed E-state index contributed by atoms with van der Waals surface area (Å²) in [5.41, 5.74) is 5.30. The number of amides is 1. The largest absolute Gasteiger partial charge is 0.481 e. The Morgan fingerprint density at radius 2 is 2.04 bits per heavy atom. The summed E-state index contributed by atoms with van der Waals surface area (Å²) < 4.78 is 1.64. The van der Waals surface area contributed by atoms with Crippen LogP contribution in [0.2, 0.25) is 0 Å². The van der Waals surface area contributed by atoms with Gasteiger partial charge < -0.3 is 30.5 Å². The first-order valence-corrected chi connectivity index (χ1v) is 9.02. The van der Waals surface area contributed by atoms with Gasteiger partial charge in [0.05, 0.1) is 24.1 Å². The number of β-amino-alcohol motifs (C(OH)–C–C–N with tert-alkyl or cyclic N) is 1. The fourth-order valence-electron chi connectivity index (χ4n) is 3.65. The van der Waals surface area contributed by atoms with Gasteiger partial charge in [-0.3, -0.25) is 9.59 Å². The number of anilines is 1. The van der Waals surface area contributed by atoms with Crippen LogP contribution in [0.4, 0.5) is 5.82 Å². The number of aliphatic carboxylic acids is 1. The predicted octanol–water partition coefficient (Wildman–Crippen LogP) is -0.451. The minimum atomic E-state index is -1.34. The molecule has 1 fully saturated rings. The van der Waals surface area contributed by atoms with Crippen LogP contribution in [0.1, 0.15) is 38.6 Å². The minimum absolute atomic E-state index is 0.0493. The number of nitrogens with zero attached hydrogens (tertiary/aromatic N) is 5. The highest BCUT2D eigenvalue weighted by molar-refractivity contribution is 5.81. The van der Waals surface area contributed by atoms with E-state index >= 15 is 0 Å². The van der Waals surface area contributed by atoms with E-state index in [-0.39, 0.29) is 50.5 Å². The number of carboxylic acid groups (broad SMARTS) is 1. The van der Waals surface area contributed by atoms with Gasteiger partial charge in [0.15, 0.2) is 11.5 Å². The first-order valence-electron chi connectivity index (χ1n) is 9.02. The fraction of sp³-hybridized carbons (Fsp3) is 0.588. The number of carbonyl (C=O) groups excluding carboxylic acids is 1. The molecule has 3 atom stereocenters. The highest BCUT2D eigenvalue weighted by atomic mass is 16.4. The van der Waals surface area contributed by atoms with Crippen LogP contribution in [0.15, 0.2) is 12.7 Å². The lowest BCUT2D eigenvalue weighted by atomic mass is 9.91. The maximum absolute atomic E-state index is 12.6. The summed E-state index contributed by atoms with van der Waals surface area (Å²) in [6.07, 6.45) is 2.07. The van der Waals surface area contributed by atoms with Gasteiger partial charge in [0.25, 0.3) is 0 Å². The summed E-state index contributed by atoms with van der Waals surface area (Å²) in [7, 11) is 0. The Morgan fingerprint density at radius 3 is 2.75 bits per heavy atom. The van der Waals surface area contributed by atoms with Crippen LogP contribution < -0.4 is 5.73 Å². The van der Waals surface area contributed by atoms with Crippen molar-refractivity contribution in [2.45, 2.75) is 50.4 Å². The fourth-order valence-corrected chi connectivity index (χ4v) is 3.65. The molecule has 0 radical (unpaired) electrons. The Hall–Kier alpha value is -2.79. The lowest BCUT2D eigenvalue weighted by molar-refractivity contribution is -0.137. The van der Waals surface area contributed by atoms with E-state index in [0.717, 1.165) is 0 Å². The Morgan fingerprint density at radius 1 is 1.29 bits per heavy atom. The van der Waals surface area contributed by atoms with E-state index in [1.165, 1.54) is 17.6 Å². The molecule has 5 N–H and O–H groups in total. The topological polar surface area (TPSA) is 168 Å². The summed E-state index contributed by atoms with van der Waals surface area (Å²) in [5.74, 6) is -1.04. The lowest BCUT2D eigenvalue weighted by Crippen LogP contribution is -2.42. The van der Waals surface area contributed by atoms with Crippen LogP contribution in [-0.2, 0) is 9.59 Å². The molecule has 2 aromatic rings. The molecular formula is C17H24N6O5. The third-order valence-electron chi connectivity index (χ3n) is 5.05. The molecule has 3 heterocycles. The Kier molecular flexibility index (Phi) is 5.47. The van der Waals surface area contributed by atoms with Gasteiger partial charge in [-0.25, -0.2) is 15.0 Å². The molecule has 11 nitrogen and oxygen atoms in total. The molecule has 152 valence electrons. The molecule has 0 unspecified atom stereocenters. The number of hydrogen-bond donors (Lipinski definition) is 4. The van der Waals surface area contributed by atoms with Crippen molar-refractivity contribution < 1.29 is 24.9 Å². The first kappa shape index (κ1) is 20.0. The first-order chi connectivity index (χ1) is 13.2. The van der Waals surface area contributed by atoms with E-state index in [1.807, 2.05) is 0 Å². The number of likely N-dealkylation sites (tertiary alicyclic amines) is 1. The SMILES string of the molecule is C[C@]1(O)C[C@@H](O)CN(C(=O)CCCC(=O)O)C[C@@H]1n1cnc2c(N)ncnc21. The van der Waals surface area contributed by atoms with Crippen LogP contribution in [0.5, 0.6) is 0 Å². The zero-order valence-electron chi connectivity index (χ0n) is 15.5. The zero-order chi connectivity index (χ0) is 20.5. The second-order valence-electron chi connectivity index (χ2n) is 7.36. The van der Waals surface area contributed by atoms with E-state index in [2.05, 4.69) is 15.0 Å². The molecule has 11 heteroatoms. The maximum Gasteiger partial charge on any atom is 0.303 e. The van der Waals surface area contributed by atoms with Crippen LogP contribution in [-0.4, -0.2) is 76.4 Å². The number of carbonyl (C=O) groups is 2. The number of aromatic nitrogens is 4. The highest BCUT2D eigenvalue weighted by Crippen LogP contribution is 2.34. The predicted molar refractivity (Wildman–Crippen MR) is 98.1 cm³/mol. The third-order valence-corrected chi connectivity index (χ3v) is 5.05. The van der Waals surface area contributed by atoms with Crippen LogP contribution in [0, 0.1) is 0 Å². The molecule has 1 aliphatic rings. The summed E-state index contributed by atoms with van der Waals surface area (Å²) in [6, 6.07) is -0.632. The van der Waals surface area contributed by atoms with Crippen molar-refractivity contribution in [2.75, 3.05) is 18.8 Å². The molecule has 28 heavy (non-hydrogen) atoms. The number of hydrogen-bond acceptors (Lipinski definition) is 8. The van der Waals surface area contributed by atoms with Gasteiger partial charge in [0, 0.05) is 32.4 Å². The molecule has 3 rings (SSSR count). The molecule has 0 aliphatic carbocycles. The van der Waals surface area contributed by atoms with Gasteiger partial charge in [-0.15, -0.1) is 0 Å². The number of rotatable bonds is 5. The molecule has 2 aromatic heterocycles. The number of nitrogens with two attached hydrogens (primary N) is 1. The van der Waals surface area contributed by atoms with Gasteiger partial charge >= 0.3 is 5.97 Å². The van der Waals surface area contributed by atoms with Gasteiger partial charge in [-0.05, 0) is 13.3 Å². The summed E-state index contributed by atoms with van der Waals surface area (Å²) in [5, 5.41) is 30.1. The van der Waals surface area contributed by atoms with Crippen molar-refractivity contribution >= 4 is 28.9 Å². The molecule has 1 saturated heterocycles. The van der Waals surface area contributed by atoms with Crippen molar-refractivity contribution in [1.29, 1.82) is 0 Å². The van der Waals surface area contributed by atoms with Crippen LogP contribution >= 0.6 is 0 Å². The van der Waals surface area contributed by atoms with E-state index in [9.17, 15) is 19.8 Å². The summed E-state index contributed by atoms with van der Waals surface area (Å²) >= 11 is 0. The summed E-state index contributed by atoms with van der Waals surface area (Å²) in [6.45, 7) is 1.77. The monoisotopic (exact) mass is 392 g/mol. The molecule has 0 aromatic carbocycles. The van der Waals surface area contributed by atoms with Gasteiger partial charge in [-0.2, -0.15) is 0 Å². The molecule has 1 amide bonds. The van der Waals surface area contributed by atoms with Crippen molar-refractivity contribution in [2.24, 2.45) is 0 Å². The maximum atomic E-state index is 12.6. The number of carboxylic acids is 1. The number of aliphatic hydroxyl groups is 2. The molecule has 0 bridgehead atoms. The van der Waals surface area contributed by atoms with Crippen LogP contribution in [0.25, 0.3) is 11.2 Å². The zero-order valence-corrected chi connectivity index (χ0v) is 15.5. The number of nitrogen functional groups attached to an aromatic ring is 1.